The Hall–Kier alpha value is -2.87. The SMILES string of the molecule is CCCCCCCCc1ccc(-c2ccc(C(C)OC(=O)CCCCCCC)cc2-c2ccccc2)cc1. The zero-order valence-electron chi connectivity index (χ0n) is 24.0. The highest BCUT2D eigenvalue weighted by Gasteiger charge is 2.15. The minimum absolute atomic E-state index is 0.0970. The first-order chi connectivity index (χ1) is 18.6. The maximum Gasteiger partial charge on any atom is 0.306 e. The van der Waals surface area contributed by atoms with Crippen LogP contribution >= 0.6 is 0 Å². The van der Waals surface area contributed by atoms with E-state index in [9.17, 15) is 4.79 Å². The smallest absolute Gasteiger partial charge is 0.306 e. The number of carbonyl (C=O) groups excluding carboxylic acids is 1. The van der Waals surface area contributed by atoms with Crippen molar-refractivity contribution in [2.24, 2.45) is 0 Å². The van der Waals surface area contributed by atoms with Crippen molar-refractivity contribution >= 4 is 5.97 Å². The van der Waals surface area contributed by atoms with Crippen LogP contribution < -0.4 is 0 Å². The third kappa shape index (κ3) is 9.78. The summed E-state index contributed by atoms with van der Waals surface area (Å²) < 4.78 is 5.82. The average Bonchev–Trinajstić information content (AvgIpc) is 2.95. The normalized spacial score (nSPS) is 11.9. The molecule has 204 valence electrons. The van der Waals surface area contributed by atoms with Crippen molar-refractivity contribution in [3.63, 3.8) is 0 Å². The van der Waals surface area contributed by atoms with Crippen molar-refractivity contribution < 1.29 is 9.53 Å². The van der Waals surface area contributed by atoms with Crippen molar-refractivity contribution in [3.8, 4) is 22.3 Å². The van der Waals surface area contributed by atoms with Crippen LogP contribution in [-0.4, -0.2) is 5.97 Å². The molecule has 0 radical (unpaired) electrons. The van der Waals surface area contributed by atoms with Gasteiger partial charge in [0.15, 0.2) is 0 Å². The number of unbranched alkanes of at least 4 members (excludes halogenated alkanes) is 9. The van der Waals surface area contributed by atoms with Gasteiger partial charge in [-0.3, -0.25) is 4.79 Å². The zero-order chi connectivity index (χ0) is 27.0. The summed E-state index contributed by atoms with van der Waals surface area (Å²) in [5, 5.41) is 0. The fraction of sp³-hybridized carbons (Fsp3) is 0.472. The molecule has 0 heterocycles. The third-order valence-electron chi connectivity index (χ3n) is 7.47. The van der Waals surface area contributed by atoms with Crippen LogP contribution in [0.5, 0.6) is 0 Å². The van der Waals surface area contributed by atoms with E-state index in [0.717, 1.165) is 24.8 Å². The molecule has 0 N–H and O–H groups in total. The first-order valence-electron chi connectivity index (χ1n) is 15.1. The lowest BCUT2D eigenvalue weighted by Gasteiger charge is -2.18. The molecular formula is C36H48O2. The molecule has 0 aliphatic rings. The summed E-state index contributed by atoms with van der Waals surface area (Å²) in [6, 6.07) is 26.1. The fourth-order valence-corrected chi connectivity index (χ4v) is 5.08. The third-order valence-corrected chi connectivity index (χ3v) is 7.47. The average molecular weight is 513 g/mol. The molecule has 0 aliphatic carbocycles. The van der Waals surface area contributed by atoms with Gasteiger partial charge in [0.25, 0.3) is 0 Å². The summed E-state index contributed by atoms with van der Waals surface area (Å²) in [7, 11) is 0. The van der Waals surface area contributed by atoms with Crippen LogP contribution in [0, 0.1) is 0 Å². The standard InChI is InChI=1S/C36H48O2/c1-4-6-8-10-12-14-18-30-22-24-32(25-23-30)34-27-26-33(28-35(34)31-19-15-13-16-20-31)29(3)38-36(37)21-17-11-9-7-5-2/h13,15-16,19-20,22-29H,4-12,14,17-18,21H2,1-3H3. The Kier molecular flexibility index (Phi) is 13.2. The predicted molar refractivity (Wildman–Crippen MR) is 162 cm³/mol. The van der Waals surface area contributed by atoms with Gasteiger partial charge in [0.05, 0.1) is 0 Å². The van der Waals surface area contributed by atoms with Gasteiger partial charge in [-0.15, -0.1) is 0 Å². The maximum atomic E-state index is 12.5. The molecule has 0 amide bonds. The van der Waals surface area contributed by atoms with Crippen LogP contribution in [0.2, 0.25) is 0 Å². The second kappa shape index (κ2) is 16.9. The van der Waals surface area contributed by atoms with Gasteiger partial charge in [0, 0.05) is 6.42 Å². The highest BCUT2D eigenvalue weighted by molar-refractivity contribution is 5.84. The number of aryl methyl sites for hydroxylation is 1. The highest BCUT2D eigenvalue weighted by atomic mass is 16.5. The van der Waals surface area contributed by atoms with Crippen LogP contribution in [0.25, 0.3) is 22.3 Å². The Bertz CT molecular complexity index is 1070. The first kappa shape index (κ1) is 29.7. The Morgan fingerprint density at radius 2 is 1.26 bits per heavy atom. The molecule has 0 spiro atoms. The summed E-state index contributed by atoms with van der Waals surface area (Å²) in [6.07, 6.45) is 15.0. The second-order valence-electron chi connectivity index (χ2n) is 10.7. The molecule has 3 aromatic carbocycles. The molecule has 0 saturated carbocycles. The molecule has 3 aromatic rings. The Morgan fingerprint density at radius 1 is 0.658 bits per heavy atom. The molecule has 0 bridgehead atoms. The predicted octanol–water partition coefficient (Wildman–Crippen LogP) is 10.9. The van der Waals surface area contributed by atoms with Gasteiger partial charge in [-0.1, -0.05) is 138 Å². The number of hydrogen-bond donors (Lipinski definition) is 0. The lowest BCUT2D eigenvalue weighted by Crippen LogP contribution is -2.09. The number of benzene rings is 3. The number of hydrogen-bond acceptors (Lipinski definition) is 2. The fourth-order valence-electron chi connectivity index (χ4n) is 5.08. The molecule has 0 fully saturated rings. The Balaban J connectivity index is 1.69. The number of carbonyl (C=O) groups is 1. The Morgan fingerprint density at radius 3 is 1.95 bits per heavy atom. The van der Waals surface area contributed by atoms with E-state index in [0.29, 0.717) is 6.42 Å². The summed E-state index contributed by atoms with van der Waals surface area (Å²) in [5.41, 5.74) is 7.23. The van der Waals surface area contributed by atoms with E-state index >= 15 is 0 Å². The van der Waals surface area contributed by atoms with Gasteiger partial charge in [0.1, 0.15) is 6.10 Å². The lowest BCUT2D eigenvalue weighted by atomic mass is 9.91. The molecule has 0 aliphatic heterocycles. The summed E-state index contributed by atoms with van der Waals surface area (Å²) in [4.78, 5) is 12.5. The molecular weight excluding hydrogens is 464 g/mol. The molecule has 2 nitrogen and oxygen atoms in total. The maximum absolute atomic E-state index is 12.5. The monoisotopic (exact) mass is 512 g/mol. The van der Waals surface area contributed by atoms with Gasteiger partial charge in [-0.2, -0.15) is 0 Å². The quantitative estimate of drug-likeness (QED) is 0.133. The van der Waals surface area contributed by atoms with Crippen LogP contribution in [-0.2, 0) is 16.0 Å². The van der Waals surface area contributed by atoms with Crippen LogP contribution in [0.15, 0.2) is 72.8 Å². The van der Waals surface area contributed by atoms with Gasteiger partial charge < -0.3 is 4.74 Å². The van der Waals surface area contributed by atoms with Crippen LogP contribution in [0.4, 0.5) is 0 Å². The van der Waals surface area contributed by atoms with Crippen molar-refractivity contribution in [1.82, 2.24) is 0 Å². The van der Waals surface area contributed by atoms with E-state index in [1.807, 2.05) is 6.92 Å². The molecule has 2 heteroatoms. The zero-order valence-corrected chi connectivity index (χ0v) is 24.0. The second-order valence-corrected chi connectivity index (χ2v) is 10.7. The lowest BCUT2D eigenvalue weighted by molar-refractivity contribution is -0.148. The van der Waals surface area contributed by atoms with Crippen molar-refractivity contribution in [3.05, 3.63) is 83.9 Å². The molecule has 1 unspecified atom stereocenters. The summed E-state index contributed by atoms with van der Waals surface area (Å²) in [6.45, 7) is 6.46. The van der Waals surface area contributed by atoms with Crippen molar-refractivity contribution in [2.45, 2.75) is 110 Å². The van der Waals surface area contributed by atoms with E-state index in [2.05, 4.69) is 86.6 Å². The first-order valence-corrected chi connectivity index (χ1v) is 15.1. The molecule has 1 atom stereocenters. The van der Waals surface area contributed by atoms with Gasteiger partial charge >= 0.3 is 5.97 Å². The topological polar surface area (TPSA) is 26.3 Å². The largest absolute Gasteiger partial charge is 0.458 e. The summed E-state index contributed by atoms with van der Waals surface area (Å²) in [5.74, 6) is -0.0970. The number of rotatable bonds is 17. The van der Waals surface area contributed by atoms with Gasteiger partial charge in [-0.25, -0.2) is 0 Å². The molecule has 38 heavy (non-hydrogen) atoms. The van der Waals surface area contributed by atoms with Crippen LogP contribution in [0.1, 0.15) is 115 Å². The van der Waals surface area contributed by atoms with E-state index in [1.165, 1.54) is 85.6 Å². The molecule has 0 aromatic heterocycles. The summed E-state index contributed by atoms with van der Waals surface area (Å²) >= 11 is 0. The Labute approximate surface area is 231 Å². The van der Waals surface area contributed by atoms with Crippen molar-refractivity contribution in [2.75, 3.05) is 0 Å². The van der Waals surface area contributed by atoms with Crippen LogP contribution in [0.3, 0.4) is 0 Å². The van der Waals surface area contributed by atoms with E-state index in [4.69, 9.17) is 4.74 Å². The van der Waals surface area contributed by atoms with Gasteiger partial charge in [0.2, 0.25) is 0 Å². The molecule has 0 saturated heterocycles. The number of esters is 1. The highest BCUT2D eigenvalue weighted by Crippen LogP contribution is 2.35. The minimum Gasteiger partial charge on any atom is -0.458 e. The minimum atomic E-state index is -0.269. The van der Waals surface area contributed by atoms with E-state index in [-0.39, 0.29) is 12.1 Å². The van der Waals surface area contributed by atoms with E-state index < -0.39 is 0 Å². The number of ether oxygens (including phenoxy) is 1. The van der Waals surface area contributed by atoms with E-state index in [1.54, 1.807) is 0 Å². The van der Waals surface area contributed by atoms with Crippen molar-refractivity contribution in [1.29, 1.82) is 0 Å². The molecule has 3 rings (SSSR count). The van der Waals surface area contributed by atoms with Gasteiger partial charge in [-0.05, 0) is 65.6 Å².